The summed E-state index contributed by atoms with van der Waals surface area (Å²) in [5.74, 6) is 1.14. The molecule has 1 aliphatic rings. The fraction of sp³-hybridized carbons (Fsp3) is 0.250. The van der Waals surface area contributed by atoms with Gasteiger partial charge in [-0.3, -0.25) is 4.79 Å². The highest BCUT2D eigenvalue weighted by molar-refractivity contribution is 9.10. The van der Waals surface area contributed by atoms with Crippen molar-refractivity contribution < 1.29 is 4.79 Å². The molecule has 1 aromatic carbocycles. The minimum atomic E-state index is -0.0591. The molecule has 1 aliphatic heterocycles. The predicted molar refractivity (Wildman–Crippen MR) is 89.1 cm³/mol. The maximum atomic E-state index is 12.6. The normalized spacial score (nSPS) is 18.9. The van der Waals surface area contributed by atoms with E-state index in [9.17, 15) is 4.79 Å². The Morgan fingerprint density at radius 3 is 2.37 bits per heavy atom. The molecule has 1 aromatic rings. The van der Waals surface area contributed by atoms with Crippen LogP contribution in [0.1, 0.15) is 31.1 Å². The van der Waals surface area contributed by atoms with Gasteiger partial charge in [0.1, 0.15) is 0 Å². The fourth-order valence-electron chi connectivity index (χ4n) is 1.92. The molecule has 0 fully saturated rings. The van der Waals surface area contributed by atoms with E-state index in [1.165, 1.54) is 11.1 Å². The number of allylic oxidation sites excluding steroid dienone is 3. The third-order valence-electron chi connectivity index (χ3n) is 3.21. The topological polar surface area (TPSA) is 17.1 Å². The van der Waals surface area contributed by atoms with Gasteiger partial charge >= 0.3 is 0 Å². The molecule has 0 bridgehead atoms. The molecule has 2 rings (SSSR count). The first-order chi connectivity index (χ1) is 9.02. The summed E-state index contributed by atoms with van der Waals surface area (Å²) >= 11 is 3.40. The Kier molecular flexibility index (Phi) is 4.58. The van der Waals surface area contributed by atoms with E-state index in [4.69, 9.17) is 0 Å². The van der Waals surface area contributed by atoms with Gasteiger partial charge in [-0.2, -0.15) is 10.5 Å². The number of carbonyl (C=O) groups excluding carboxylic acids is 1. The van der Waals surface area contributed by atoms with Crippen LogP contribution in [0.25, 0.3) is 0 Å². The Morgan fingerprint density at radius 1 is 1.16 bits per heavy atom. The lowest BCUT2D eigenvalue weighted by Crippen LogP contribution is -2.15. The van der Waals surface area contributed by atoms with Gasteiger partial charge in [-0.25, -0.2) is 0 Å². The summed E-state index contributed by atoms with van der Waals surface area (Å²) in [6, 6.07) is 7.59. The van der Waals surface area contributed by atoms with Crippen LogP contribution in [-0.4, -0.2) is 16.4 Å². The SMILES string of the molecule is CCS1=C(C(=O)c2ccc(Br)cc2)C=C(C)C(C)=C1. The van der Waals surface area contributed by atoms with E-state index in [0.29, 0.717) is 0 Å². The second-order valence-corrected chi connectivity index (χ2v) is 7.57. The van der Waals surface area contributed by atoms with Crippen LogP contribution in [0.2, 0.25) is 0 Å². The molecular formula is C16H17BrOS. The molecular weight excluding hydrogens is 320 g/mol. The zero-order chi connectivity index (χ0) is 14.0. The number of rotatable bonds is 3. The van der Waals surface area contributed by atoms with E-state index in [1.807, 2.05) is 24.3 Å². The minimum absolute atomic E-state index is 0.0591. The zero-order valence-electron chi connectivity index (χ0n) is 11.4. The van der Waals surface area contributed by atoms with Crippen molar-refractivity contribution in [2.75, 3.05) is 5.75 Å². The highest BCUT2D eigenvalue weighted by Gasteiger charge is 2.16. The third-order valence-corrected chi connectivity index (χ3v) is 5.87. The van der Waals surface area contributed by atoms with Crippen LogP contribution < -0.4 is 0 Å². The molecule has 0 aromatic heterocycles. The van der Waals surface area contributed by atoms with Crippen molar-refractivity contribution >= 4 is 37.1 Å². The first-order valence-corrected chi connectivity index (χ1v) is 8.52. The van der Waals surface area contributed by atoms with Crippen LogP contribution in [0.15, 0.2) is 51.4 Å². The number of Topliss-reactive ketones (excluding diaryl/α,β-unsaturated/α-hetero) is 1. The quantitative estimate of drug-likeness (QED) is 0.563. The maximum Gasteiger partial charge on any atom is 0.198 e. The van der Waals surface area contributed by atoms with Gasteiger partial charge in [-0.05, 0) is 66.5 Å². The minimum Gasteiger partial charge on any atom is -0.288 e. The van der Waals surface area contributed by atoms with Gasteiger partial charge in [0.05, 0.1) is 4.86 Å². The number of halogens is 1. The number of ketones is 1. The van der Waals surface area contributed by atoms with Crippen LogP contribution in [0, 0.1) is 0 Å². The largest absolute Gasteiger partial charge is 0.288 e. The Balaban J connectivity index is 2.45. The molecule has 3 heteroatoms. The smallest absolute Gasteiger partial charge is 0.198 e. The summed E-state index contributed by atoms with van der Waals surface area (Å²) in [6.45, 7) is 6.32. The van der Waals surface area contributed by atoms with E-state index >= 15 is 0 Å². The maximum absolute atomic E-state index is 12.6. The van der Waals surface area contributed by atoms with Gasteiger partial charge in [0.25, 0.3) is 0 Å². The summed E-state index contributed by atoms with van der Waals surface area (Å²) < 4.78 is 0.995. The monoisotopic (exact) mass is 336 g/mol. The van der Waals surface area contributed by atoms with Gasteiger partial charge in [0, 0.05) is 10.0 Å². The Bertz CT molecular complexity index is 606. The number of hydrogen-bond acceptors (Lipinski definition) is 1. The third kappa shape index (κ3) is 3.15. The van der Waals surface area contributed by atoms with Crippen molar-refractivity contribution in [2.24, 2.45) is 0 Å². The molecule has 0 spiro atoms. The summed E-state index contributed by atoms with van der Waals surface area (Å²) in [6.07, 6.45) is 2.06. The number of benzene rings is 1. The number of hydrogen-bond donors (Lipinski definition) is 0. The van der Waals surface area contributed by atoms with Crippen molar-refractivity contribution in [3.05, 3.63) is 56.9 Å². The first kappa shape index (κ1) is 14.5. The molecule has 0 aliphatic carbocycles. The lowest BCUT2D eigenvalue weighted by molar-refractivity contribution is 0.106. The standard InChI is InChI=1S/C16H17BrOS/c1-4-19-10-12(3)11(2)9-15(19)16(18)13-5-7-14(17)8-6-13/h5-10H,4H2,1-3H3. The van der Waals surface area contributed by atoms with Gasteiger partial charge < -0.3 is 0 Å². The van der Waals surface area contributed by atoms with Gasteiger partial charge in [-0.15, -0.1) is 0 Å². The summed E-state index contributed by atoms with van der Waals surface area (Å²) in [7, 11) is -0.0591. The van der Waals surface area contributed by atoms with Crippen molar-refractivity contribution in [2.45, 2.75) is 20.8 Å². The molecule has 0 saturated heterocycles. The van der Waals surface area contributed by atoms with E-state index < -0.39 is 0 Å². The van der Waals surface area contributed by atoms with Gasteiger partial charge in [0.15, 0.2) is 5.78 Å². The second-order valence-electron chi connectivity index (χ2n) is 4.55. The average molecular weight is 337 g/mol. The van der Waals surface area contributed by atoms with Crippen molar-refractivity contribution in [1.29, 1.82) is 0 Å². The lowest BCUT2D eigenvalue weighted by Gasteiger charge is -2.16. The molecule has 100 valence electrons. The molecule has 1 unspecified atom stereocenters. The van der Waals surface area contributed by atoms with Crippen LogP contribution >= 0.6 is 26.4 Å². The van der Waals surface area contributed by atoms with Gasteiger partial charge in [-0.1, -0.05) is 22.9 Å². The summed E-state index contributed by atoms with van der Waals surface area (Å²) in [4.78, 5) is 13.6. The number of carbonyl (C=O) groups is 1. The molecule has 0 radical (unpaired) electrons. The van der Waals surface area contributed by atoms with Gasteiger partial charge in [0.2, 0.25) is 0 Å². The molecule has 1 nitrogen and oxygen atoms in total. The van der Waals surface area contributed by atoms with Crippen LogP contribution in [0.5, 0.6) is 0 Å². The Morgan fingerprint density at radius 2 is 1.79 bits per heavy atom. The van der Waals surface area contributed by atoms with Crippen molar-refractivity contribution in [1.82, 2.24) is 0 Å². The van der Waals surface area contributed by atoms with E-state index in [1.54, 1.807) is 0 Å². The lowest BCUT2D eigenvalue weighted by atomic mass is 10.0. The van der Waals surface area contributed by atoms with E-state index in [-0.39, 0.29) is 16.3 Å². The predicted octanol–water partition coefficient (Wildman–Crippen LogP) is 4.96. The molecule has 0 saturated carbocycles. The van der Waals surface area contributed by atoms with Crippen LogP contribution in [0.4, 0.5) is 0 Å². The molecule has 1 atom stereocenters. The summed E-state index contributed by atoms with van der Waals surface area (Å²) in [5, 5.41) is 2.24. The average Bonchev–Trinajstić information content (AvgIpc) is 2.41. The van der Waals surface area contributed by atoms with Crippen molar-refractivity contribution in [3.8, 4) is 0 Å². The molecule has 19 heavy (non-hydrogen) atoms. The fourth-order valence-corrected chi connectivity index (χ4v) is 4.09. The first-order valence-electron chi connectivity index (χ1n) is 6.27. The highest BCUT2D eigenvalue weighted by Crippen LogP contribution is 2.29. The molecule has 0 N–H and O–H groups in total. The Labute approximate surface area is 125 Å². The molecule has 0 amide bonds. The highest BCUT2D eigenvalue weighted by atomic mass is 79.9. The summed E-state index contributed by atoms with van der Waals surface area (Å²) in [5.41, 5.74) is 3.25. The van der Waals surface area contributed by atoms with Crippen molar-refractivity contribution in [3.63, 3.8) is 0 Å². The van der Waals surface area contributed by atoms with Crippen LogP contribution in [-0.2, 0) is 0 Å². The van der Waals surface area contributed by atoms with Crippen LogP contribution in [0.3, 0.4) is 0 Å². The van der Waals surface area contributed by atoms with E-state index in [2.05, 4.69) is 48.2 Å². The molecule has 1 heterocycles. The zero-order valence-corrected chi connectivity index (χ0v) is 13.8. The van der Waals surface area contributed by atoms with E-state index in [0.717, 1.165) is 20.7 Å². The Hall–Kier alpha value is -0.930. The second kappa shape index (κ2) is 6.02.